The zero-order valence-electron chi connectivity index (χ0n) is 16.3. The van der Waals surface area contributed by atoms with Gasteiger partial charge in [-0.25, -0.2) is 4.39 Å². The number of rotatable bonds is 5. The Morgan fingerprint density at radius 3 is 2.83 bits per heavy atom. The second-order valence-electron chi connectivity index (χ2n) is 7.59. The molecule has 0 aromatic heterocycles. The Balaban J connectivity index is 1.41. The lowest BCUT2D eigenvalue weighted by atomic mass is 10.0. The van der Waals surface area contributed by atoms with Crippen molar-refractivity contribution >= 4 is 29.1 Å². The van der Waals surface area contributed by atoms with Crippen LogP contribution in [0.2, 0.25) is 0 Å². The second kappa shape index (κ2) is 7.87. The maximum Gasteiger partial charge on any atom is 0.268 e. The summed E-state index contributed by atoms with van der Waals surface area (Å²) in [6.07, 6.45) is 1.31. The zero-order valence-corrected chi connectivity index (χ0v) is 16.3. The number of aliphatic hydroxyl groups is 1. The first-order valence-electron chi connectivity index (χ1n) is 9.87. The van der Waals surface area contributed by atoms with Gasteiger partial charge in [-0.15, -0.1) is 0 Å². The summed E-state index contributed by atoms with van der Waals surface area (Å²) in [5.74, 6) is -1.83. The number of halogens is 1. The summed E-state index contributed by atoms with van der Waals surface area (Å²) < 4.78 is 13.2. The third kappa shape index (κ3) is 3.78. The van der Waals surface area contributed by atoms with Crippen molar-refractivity contribution in [2.75, 3.05) is 23.3 Å². The van der Waals surface area contributed by atoms with Gasteiger partial charge in [-0.1, -0.05) is 12.1 Å². The van der Waals surface area contributed by atoms with E-state index in [1.807, 2.05) is 0 Å². The van der Waals surface area contributed by atoms with Crippen molar-refractivity contribution in [3.05, 3.63) is 59.4 Å². The molecule has 8 heteroatoms. The molecule has 2 aromatic rings. The Morgan fingerprint density at radius 1 is 1.20 bits per heavy atom. The van der Waals surface area contributed by atoms with Gasteiger partial charge in [0.15, 0.2) is 0 Å². The van der Waals surface area contributed by atoms with E-state index >= 15 is 0 Å². The number of carbonyl (C=O) groups excluding carboxylic acids is 3. The highest BCUT2D eigenvalue weighted by Crippen LogP contribution is 2.32. The predicted octanol–water partition coefficient (Wildman–Crippen LogP) is 1.54. The Morgan fingerprint density at radius 2 is 2.03 bits per heavy atom. The van der Waals surface area contributed by atoms with Gasteiger partial charge in [-0.3, -0.25) is 14.4 Å². The Bertz CT molecular complexity index is 1030. The molecule has 2 heterocycles. The molecule has 30 heavy (non-hydrogen) atoms. The smallest absolute Gasteiger partial charge is 0.268 e. The average molecular weight is 411 g/mol. The first-order valence-corrected chi connectivity index (χ1v) is 9.87. The van der Waals surface area contributed by atoms with Gasteiger partial charge >= 0.3 is 0 Å². The Hall–Kier alpha value is -3.26. The van der Waals surface area contributed by atoms with Crippen molar-refractivity contribution in [2.24, 2.45) is 0 Å². The highest BCUT2D eigenvalue weighted by Gasteiger charge is 2.51. The summed E-state index contributed by atoms with van der Waals surface area (Å²) in [6, 6.07) is 11.3. The largest absolute Gasteiger partial charge is 0.372 e. The van der Waals surface area contributed by atoms with Gasteiger partial charge in [0.1, 0.15) is 5.82 Å². The molecule has 0 radical (unpaired) electrons. The van der Waals surface area contributed by atoms with Crippen molar-refractivity contribution < 1.29 is 23.9 Å². The molecule has 1 fully saturated rings. The third-order valence-corrected chi connectivity index (χ3v) is 5.56. The van der Waals surface area contributed by atoms with E-state index in [0.717, 1.165) is 5.56 Å². The molecule has 7 nitrogen and oxygen atoms in total. The summed E-state index contributed by atoms with van der Waals surface area (Å²) in [5.41, 5.74) is 0.787. The quantitative estimate of drug-likeness (QED) is 0.650. The van der Waals surface area contributed by atoms with Gasteiger partial charge in [-0.05, 0) is 54.3 Å². The lowest BCUT2D eigenvalue weighted by Crippen LogP contribution is -2.52. The molecule has 1 saturated heterocycles. The minimum Gasteiger partial charge on any atom is -0.372 e. The van der Waals surface area contributed by atoms with Crippen LogP contribution in [0.5, 0.6) is 0 Å². The van der Waals surface area contributed by atoms with E-state index in [1.165, 1.54) is 17.0 Å². The van der Waals surface area contributed by atoms with Crippen molar-refractivity contribution in [3.8, 4) is 0 Å². The van der Waals surface area contributed by atoms with E-state index in [4.69, 9.17) is 0 Å². The van der Waals surface area contributed by atoms with Crippen LogP contribution in [0, 0.1) is 5.82 Å². The monoisotopic (exact) mass is 411 g/mol. The van der Waals surface area contributed by atoms with Crippen LogP contribution >= 0.6 is 0 Å². The van der Waals surface area contributed by atoms with Crippen LogP contribution in [0.15, 0.2) is 42.5 Å². The molecule has 4 rings (SSSR count). The molecule has 3 amide bonds. The molecule has 0 saturated carbocycles. The van der Waals surface area contributed by atoms with Gasteiger partial charge in [0.25, 0.3) is 11.8 Å². The van der Waals surface area contributed by atoms with Crippen LogP contribution in [0.3, 0.4) is 0 Å². The van der Waals surface area contributed by atoms with Crippen molar-refractivity contribution in [1.82, 2.24) is 5.32 Å². The van der Waals surface area contributed by atoms with Crippen LogP contribution < -0.4 is 15.5 Å². The number of amides is 3. The van der Waals surface area contributed by atoms with Gasteiger partial charge in [-0.2, -0.15) is 0 Å². The molecule has 0 unspecified atom stereocenters. The number of hydrogen-bond acceptors (Lipinski definition) is 4. The number of anilines is 2. The summed E-state index contributed by atoms with van der Waals surface area (Å²) in [4.78, 5) is 38.3. The molecule has 3 N–H and O–H groups in total. The minimum atomic E-state index is -2.13. The molecule has 1 atom stereocenters. The molecule has 0 aliphatic carbocycles. The number of hydrogen-bond donors (Lipinski definition) is 3. The third-order valence-electron chi connectivity index (χ3n) is 5.56. The highest BCUT2D eigenvalue weighted by molar-refractivity contribution is 6.16. The number of nitrogens with one attached hydrogen (secondary N) is 2. The number of benzene rings is 2. The second-order valence-corrected chi connectivity index (χ2v) is 7.59. The molecule has 2 aliphatic heterocycles. The summed E-state index contributed by atoms with van der Waals surface area (Å²) in [7, 11) is 0. The summed E-state index contributed by atoms with van der Waals surface area (Å²) in [5, 5.41) is 16.1. The maximum absolute atomic E-state index is 13.2. The van der Waals surface area contributed by atoms with Gasteiger partial charge in [0.2, 0.25) is 11.5 Å². The number of carbonyl (C=O) groups is 3. The summed E-state index contributed by atoms with van der Waals surface area (Å²) in [6.45, 7) is 0.383. The van der Waals surface area contributed by atoms with E-state index < -0.39 is 17.4 Å². The molecular formula is C22H22FN3O4. The molecule has 0 spiro atoms. The summed E-state index contributed by atoms with van der Waals surface area (Å²) >= 11 is 0. The minimum absolute atomic E-state index is 0.0224. The first-order chi connectivity index (χ1) is 14.4. The van der Waals surface area contributed by atoms with Crippen molar-refractivity contribution in [1.29, 1.82) is 0 Å². The fourth-order valence-electron chi connectivity index (χ4n) is 3.86. The highest BCUT2D eigenvalue weighted by atomic mass is 19.1. The first kappa shape index (κ1) is 20.0. The van der Waals surface area contributed by atoms with E-state index in [2.05, 4.69) is 10.6 Å². The topological polar surface area (TPSA) is 98.7 Å². The van der Waals surface area contributed by atoms with Crippen LogP contribution in [0.25, 0.3) is 0 Å². The lowest BCUT2D eigenvalue weighted by Gasteiger charge is -2.23. The fourth-order valence-corrected chi connectivity index (χ4v) is 3.86. The van der Waals surface area contributed by atoms with Gasteiger partial charge in [0, 0.05) is 37.3 Å². The predicted molar refractivity (Wildman–Crippen MR) is 108 cm³/mol. The van der Waals surface area contributed by atoms with Crippen LogP contribution in [0.4, 0.5) is 15.8 Å². The fraction of sp³-hybridized carbons (Fsp3) is 0.318. The number of aryl methyl sites for hydroxylation is 1. The SMILES string of the molecule is O=C1CCc2cc(N3CC[C@](O)(C(=O)NCCc4cccc(F)c4)C3=O)ccc2N1. The Labute approximate surface area is 172 Å². The zero-order chi connectivity index (χ0) is 21.3. The van der Waals surface area contributed by atoms with Crippen molar-refractivity contribution in [3.63, 3.8) is 0 Å². The normalized spacial score (nSPS) is 20.7. The van der Waals surface area contributed by atoms with Crippen molar-refractivity contribution in [2.45, 2.75) is 31.3 Å². The average Bonchev–Trinajstić information content (AvgIpc) is 3.03. The van der Waals surface area contributed by atoms with Crippen LogP contribution in [0.1, 0.15) is 24.0 Å². The van der Waals surface area contributed by atoms with Gasteiger partial charge in [0.05, 0.1) is 0 Å². The molecular weight excluding hydrogens is 389 g/mol. The standard InChI is InChI=1S/C22H22FN3O4/c23-16-3-1-2-14(12-16)8-10-24-20(28)22(30)9-11-26(21(22)29)17-5-6-18-15(13-17)4-7-19(27)25-18/h1-3,5-6,12-13,30H,4,7-11H2,(H,24,28)(H,25,27)/t22-/m0/s1. The molecule has 0 bridgehead atoms. The van der Waals surface area contributed by atoms with Crippen LogP contribution in [-0.4, -0.2) is 41.5 Å². The maximum atomic E-state index is 13.2. The lowest BCUT2D eigenvalue weighted by molar-refractivity contribution is -0.149. The van der Waals surface area contributed by atoms with E-state index in [9.17, 15) is 23.9 Å². The van der Waals surface area contributed by atoms with E-state index in [0.29, 0.717) is 36.2 Å². The molecule has 2 aromatic carbocycles. The Kier molecular flexibility index (Phi) is 5.26. The number of fused-ring (bicyclic) bond motifs is 1. The van der Waals surface area contributed by atoms with E-state index in [1.54, 1.807) is 30.3 Å². The van der Waals surface area contributed by atoms with E-state index in [-0.39, 0.29) is 31.2 Å². The molecule has 156 valence electrons. The van der Waals surface area contributed by atoms with Gasteiger partial charge < -0.3 is 20.6 Å². The number of nitrogens with zero attached hydrogens (tertiary/aromatic N) is 1. The van der Waals surface area contributed by atoms with Crippen LogP contribution in [-0.2, 0) is 27.2 Å². The molecule has 2 aliphatic rings.